The van der Waals surface area contributed by atoms with E-state index < -0.39 is 17.4 Å². The van der Waals surface area contributed by atoms with Crippen LogP contribution in [0.2, 0.25) is 19.6 Å². The standard InChI is InChI=1S/C7H18O2Si2/c1-8-10(9-2)6-7-11(3,4)5/h6-7,10H,1-5H3/b7-6+. The minimum absolute atomic E-state index is 1.06. The molecule has 0 bridgehead atoms. The van der Waals surface area contributed by atoms with E-state index in [1.807, 2.05) is 0 Å². The third-order valence-electron chi connectivity index (χ3n) is 1.22. The van der Waals surface area contributed by atoms with Crippen LogP contribution in [0.4, 0.5) is 0 Å². The Bertz CT molecular complexity index is 125. The number of hydrogen-bond acceptors (Lipinski definition) is 2. The highest BCUT2D eigenvalue weighted by Gasteiger charge is 2.10. The molecular weight excluding hydrogens is 172 g/mol. The first-order chi connectivity index (χ1) is 4.99. The Morgan fingerprint density at radius 2 is 1.55 bits per heavy atom. The zero-order valence-corrected chi connectivity index (χ0v) is 10.2. The Hall–Kier alpha value is 0.0938. The minimum Gasteiger partial charge on any atom is -0.397 e. The summed E-state index contributed by atoms with van der Waals surface area (Å²) in [6.45, 7) is 6.88. The molecule has 11 heavy (non-hydrogen) atoms. The van der Waals surface area contributed by atoms with Crippen molar-refractivity contribution >= 4 is 17.4 Å². The topological polar surface area (TPSA) is 18.5 Å². The number of rotatable bonds is 4. The molecular formula is C7H18O2Si2. The van der Waals surface area contributed by atoms with E-state index >= 15 is 0 Å². The van der Waals surface area contributed by atoms with Crippen LogP contribution in [0.5, 0.6) is 0 Å². The average Bonchev–Trinajstić information content (AvgIpc) is 1.88. The van der Waals surface area contributed by atoms with Crippen molar-refractivity contribution < 1.29 is 8.85 Å². The van der Waals surface area contributed by atoms with Crippen molar-refractivity contribution in [3.63, 3.8) is 0 Å². The van der Waals surface area contributed by atoms with Crippen LogP contribution in [0.15, 0.2) is 11.4 Å². The van der Waals surface area contributed by atoms with Crippen molar-refractivity contribution in [1.29, 1.82) is 0 Å². The van der Waals surface area contributed by atoms with E-state index in [1.165, 1.54) is 0 Å². The molecule has 4 heteroatoms. The summed E-state index contributed by atoms with van der Waals surface area (Å²) in [5.41, 5.74) is 4.39. The molecule has 0 rings (SSSR count). The van der Waals surface area contributed by atoms with Gasteiger partial charge in [-0.2, -0.15) is 0 Å². The SMILES string of the molecule is CO[SiH](/C=C/[Si](C)(C)C)OC. The lowest BCUT2D eigenvalue weighted by Crippen LogP contribution is -2.21. The lowest BCUT2D eigenvalue weighted by atomic mass is 11.2. The molecule has 0 aliphatic rings. The van der Waals surface area contributed by atoms with Gasteiger partial charge in [-0.05, 0) is 0 Å². The van der Waals surface area contributed by atoms with Gasteiger partial charge in [0.15, 0.2) is 0 Å². The van der Waals surface area contributed by atoms with Gasteiger partial charge in [-0.25, -0.2) is 0 Å². The van der Waals surface area contributed by atoms with Crippen molar-refractivity contribution in [1.82, 2.24) is 0 Å². The molecule has 0 atom stereocenters. The third-order valence-corrected chi connectivity index (χ3v) is 4.23. The highest BCUT2D eigenvalue weighted by atomic mass is 28.3. The van der Waals surface area contributed by atoms with E-state index in [0.717, 1.165) is 0 Å². The lowest BCUT2D eigenvalue weighted by Gasteiger charge is -2.10. The maximum atomic E-state index is 5.15. The molecule has 0 aromatic carbocycles. The predicted molar refractivity (Wildman–Crippen MR) is 53.7 cm³/mol. The van der Waals surface area contributed by atoms with Gasteiger partial charge in [-0.1, -0.05) is 31.0 Å². The Kier molecular flexibility index (Phi) is 4.91. The molecule has 0 saturated heterocycles. The molecule has 0 spiro atoms. The van der Waals surface area contributed by atoms with Gasteiger partial charge in [0.1, 0.15) is 0 Å². The highest BCUT2D eigenvalue weighted by Crippen LogP contribution is 2.02. The summed E-state index contributed by atoms with van der Waals surface area (Å²) in [5.74, 6) is 0. The van der Waals surface area contributed by atoms with Crippen LogP contribution < -0.4 is 0 Å². The second-order valence-electron chi connectivity index (χ2n) is 3.56. The molecule has 0 amide bonds. The molecule has 0 N–H and O–H groups in total. The summed E-state index contributed by atoms with van der Waals surface area (Å²) >= 11 is 0. The third kappa shape index (κ3) is 6.49. The predicted octanol–water partition coefficient (Wildman–Crippen LogP) is 1.47. The summed E-state index contributed by atoms with van der Waals surface area (Å²) < 4.78 is 10.3. The first-order valence-electron chi connectivity index (χ1n) is 3.74. The Morgan fingerprint density at radius 3 is 1.82 bits per heavy atom. The minimum atomic E-state index is -1.44. The molecule has 66 valence electrons. The Morgan fingerprint density at radius 1 is 1.09 bits per heavy atom. The summed E-state index contributed by atoms with van der Waals surface area (Å²) in [4.78, 5) is 0. The molecule has 2 nitrogen and oxygen atoms in total. The maximum absolute atomic E-state index is 5.15. The maximum Gasteiger partial charge on any atom is 0.347 e. The smallest absolute Gasteiger partial charge is 0.347 e. The lowest BCUT2D eigenvalue weighted by molar-refractivity contribution is 0.290. The van der Waals surface area contributed by atoms with E-state index in [2.05, 4.69) is 31.0 Å². The second kappa shape index (κ2) is 4.87. The molecule has 0 saturated carbocycles. The monoisotopic (exact) mass is 190 g/mol. The van der Waals surface area contributed by atoms with Gasteiger partial charge >= 0.3 is 9.28 Å². The van der Waals surface area contributed by atoms with E-state index in [4.69, 9.17) is 8.85 Å². The first kappa shape index (κ1) is 11.1. The second-order valence-corrected chi connectivity index (χ2v) is 10.7. The molecule has 0 radical (unpaired) electrons. The molecule has 0 aliphatic heterocycles. The normalized spacial score (nSPS) is 13.3. The van der Waals surface area contributed by atoms with Crippen LogP contribution in [0.3, 0.4) is 0 Å². The fraction of sp³-hybridized carbons (Fsp3) is 0.714. The van der Waals surface area contributed by atoms with Gasteiger partial charge < -0.3 is 8.85 Å². The van der Waals surface area contributed by atoms with Gasteiger partial charge in [0.05, 0.1) is 8.07 Å². The summed E-state index contributed by atoms with van der Waals surface area (Å²) in [5, 5.41) is 0. The van der Waals surface area contributed by atoms with Crippen molar-refractivity contribution in [3.05, 3.63) is 11.4 Å². The largest absolute Gasteiger partial charge is 0.397 e. The Labute approximate surface area is 72.1 Å². The van der Waals surface area contributed by atoms with Gasteiger partial charge in [0.2, 0.25) is 0 Å². The van der Waals surface area contributed by atoms with Crippen molar-refractivity contribution in [2.45, 2.75) is 19.6 Å². The van der Waals surface area contributed by atoms with E-state index in [-0.39, 0.29) is 0 Å². The van der Waals surface area contributed by atoms with E-state index in [9.17, 15) is 0 Å². The van der Waals surface area contributed by atoms with Crippen molar-refractivity contribution in [3.8, 4) is 0 Å². The molecule has 0 heterocycles. The van der Waals surface area contributed by atoms with Crippen molar-refractivity contribution in [2.24, 2.45) is 0 Å². The van der Waals surface area contributed by atoms with Crippen LogP contribution in [-0.2, 0) is 8.85 Å². The first-order valence-corrected chi connectivity index (χ1v) is 8.93. The summed E-state index contributed by atoms with van der Waals surface area (Å²) in [7, 11) is 0.911. The van der Waals surface area contributed by atoms with E-state index in [0.29, 0.717) is 0 Å². The number of hydrogen-bond donors (Lipinski definition) is 0. The van der Waals surface area contributed by atoms with Gasteiger partial charge in [0, 0.05) is 14.2 Å². The zero-order valence-electron chi connectivity index (χ0n) is 8.05. The fourth-order valence-electron chi connectivity index (χ4n) is 0.621. The van der Waals surface area contributed by atoms with E-state index in [1.54, 1.807) is 14.2 Å². The van der Waals surface area contributed by atoms with Gasteiger partial charge in [-0.3, -0.25) is 0 Å². The quantitative estimate of drug-likeness (QED) is 0.625. The highest BCUT2D eigenvalue weighted by molar-refractivity contribution is 6.81. The fourth-order valence-corrected chi connectivity index (χ4v) is 4.07. The molecule has 0 aromatic heterocycles. The van der Waals surface area contributed by atoms with Crippen LogP contribution in [0, 0.1) is 0 Å². The van der Waals surface area contributed by atoms with Gasteiger partial charge in [-0.15, -0.1) is 0 Å². The Balaban J connectivity index is 3.89. The average molecular weight is 190 g/mol. The van der Waals surface area contributed by atoms with Crippen LogP contribution in [-0.4, -0.2) is 31.6 Å². The zero-order chi connectivity index (χ0) is 8.91. The van der Waals surface area contributed by atoms with Crippen LogP contribution in [0.25, 0.3) is 0 Å². The van der Waals surface area contributed by atoms with Crippen LogP contribution >= 0.6 is 0 Å². The summed E-state index contributed by atoms with van der Waals surface area (Å²) in [6, 6.07) is 0. The molecule has 0 unspecified atom stereocenters. The molecule has 0 aliphatic carbocycles. The summed E-state index contributed by atoms with van der Waals surface area (Å²) in [6.07, 6.45) is 0. The molecule has 0 fully saturated rings. The molecule has 0 aromatic rings. The van der Waals surface area contributed by atoms with Crippen LogP contribution in [0.1, 0.15) is 0 Å². The van der Waals surface area contributed by atoms with Crippen molar-refractivity contribution in [2.75, 3.05) is 14.2 Å². The van der Waals surface area contributed by atoms with Gasteiger partial charge in [0.25, 0.3) is 0 Å².